The molecule has 9 heteroatoms. The molecule has 1 saturated heterocycles. The molecule has 29 heavy (non-hydrogen) atoms. The van der Waals surface area contributed by atoms with Crippen LogP contribution in [0.4, 0.5) is 15.0 Å². The van der Waals surface area contributed by atoms with Crippen LogP contribution in [0.3, 0.4) is 0 Å². The standard InChI is InChI=1S/C20H23FN6O2/c1-20(2,3)29-19(28)25(4)15-11-26(12-15)17-9-8-16-22-23-18(27(16)24-17)13-6-5-7-14(21)10-13/h5-10,15H,11-12H2,1-4H3. The monoisotopic (exact) mass is 398 g/mol. The summed E-state index contributed by atoms with van der Waals surface area (Å²) in [5, 5.41) is 12.9. The first-order chi connectivity index (χ1) is 13.7. The van der Waals surface area contributed by atoms with Gasteiger partial charge in [0.05, 0.1) is 6.04 Å². The SMILES string of the molecule is CN(C(=O)OC(C)(C)C)C1CN(c2ccc3nnc(-c4cccc(F)c4)n3n2)C1. The molecule has 1 aliphatic heterocycles. The first-order valence-electron chi connectivity index (χ1n) is 9.40. The van der Waals surface area contributed by atoms with Crippen LogP contribution < -0.4 is 4.90 Å². The molecule has 0 aliphatic carbocycles. The summed E-state index contributed by atoms with van der Waals surface area (Å²) >= 11 is 0. The second-order valence-electron chi connectivity index (χ2n) is 8.15. The highest BCUT2D eigenvalue weighted by Crippen LogP contribution is 2.25. The van der Waals surface area contributed by atoms with E-state index in [0.717, 1.165) is 5.82 Å². The summed E-state index contributed by atoms with van der Waals surface area (Å²) in [5.74, 6) is 0.874. The van der Waals surface area contributed by atoms with Crippen molar-refractivity contribution in [3.8, 4) is 11.4 Å². The molecular weight excluding hydrogens is 375 g/mol. The normalized spacial score (nSPS) is 14.7. The molecule has 1 aromatic carbocycles. The van der Waals surface area contributed by atoms with Crippen LogP contribution in [0.15, 0.2) is 36.4 Å². The molecular formula is C20H23FN6O2. The van der Waals surface area contributed by atoms with Gasteiger partial charge in [0.15, 0.2) is 11.5 Å². The minimum Gasteiger partial charge on any atom is -0.444 e. The van der Waals surface area contributed by atoms with Crippen molar-refractivity contribution < 1.29 is 13.9 Å². The Morgan fingerprint density at radius 3 is 2.66 bits per heavy atom. The molecule has 1 aliphatic rings. The summed E-state index contributed by atoms with van der Waals surface area (Å²) < 4.78 is 20.6. The maximum Gasteiger partial charge on any atom is 0.410 e. The van der Waals surface area contributed by atoms with Crippen LogP contribution in [0.5, 0.6) is 0 Å². The number of carbonyl (C=O) groups excluding carboxylic acids is 1. The molecule has 0 spiro atoms. The summed E-state index contributed by atoms with van der Waals surface area (Å²) in [6.07, 6.45) is -0.335. The number of halogens is 1. The number of benzene rings is 1. The van der Waals surface area contributed by atoms with Gasteiger partial charge in [-0.2, -0.15) is 4.52 Å². The van der Waals surface area contributed by atoms with Gasteiger partial charge in [-0.15, -0.1) is 15.3 Å². The molecule has 3 aromatic rings. The number of likely N-dealkylation sites (N-methyl/N-ethyl adjacent to an activating group) is 1. The Hall–Kier alpha value is -3.23. The average Bonchev–Trinajstić information content (AvgIpc) is 3.02. The maximum atomic E-state index is 13.6. The fourth-order valence-electron chi connectivity index (χ4n) is 3.13. The lowest BCUT2D eigenvalue weighted by atomic mass is 10.1. The second kappa shape index (κ2) is 6.98. The number of rotatable bonds is 3. The van der Waals surface area contributed by atoms with Gasteiger partial charge < -0.3 is 14.5 Å². The number of hydrogen-bond donors (Lipinski definition) is 0. The quantitative estimate of drug-likeness (QED) is 0.675. The molecule has 0 radical (unpaired) electrons. The van der Waals surface area contributed by atoms with Gasteiger partial charge in [-0.25, -0.2) is 9.18 Å². The van der Waals surface area contributed by atoms with Crippen LogP contribution in [0.2, 0.25) is 0 Å². The van der Waals surface area contributed by atoms with Crippen LogP contribution in [0.25, 0.3) is 17.0 Å². The third kappa shape index (κ3) is 3.85. The zero-order valence-corrected chi connectivity index (χ0v) is 16.8. The Bertz CT molecular complexity index is 1050. The second-order valence-corrected chi connectivity index (χ2v) is 8.15. The Balaban J connectivity index is 1.50. The van der Waals surface area contributed by atoms with Crippen molar-refractivity contribution in [2.45, 2.75) is 32.4 Å². The van der Waals surface area contributed by atoms with Crippen molar-refractivity contribution in [1.29, 1.82) is 0 Å². The predicted molar refractivity (Wildman–Crippen MR) is 106 cm³/mol. The minimum atomic E-state index is -0.525. The minimum absolute atomic E-state index is 0.0472. The first kappa shape index (κ1) is 19.1. The van der Waals surface area contributed by atoms with E-state index in [1.807, 2.05) is 32.9 Å². The summed E-state index contributed by atoms with van der Waals surface area (Å²) in [5.41, 5.74) is 0.660. The molecule has 8 nitrogen and oxygen atoms in total. The van der Waals surface area contributed by atoms with Crippen molar-refractivity contribution in [3.63, 3.8) is 0 Å². The van der Waals surface area contributed by atoms with Crippen molar-refractivity contribution in [1.82, 2.24) is 24.7 Å². The van der Waals surface area contributed by atoms with E-state index in [9.17, 15) is 9.18 Å². The van der Waals surface area contributed by atoms with Crippen LogP contribution >= 0.6 is 0 Å². The molecule has 3 heterocycles. The molecule has 1 amide bonds. The van der Waals surface area contributed by atoms with Crippen LogP contribution in [-0.2, 0) is 4.74 Å². The molecule has 0 bridgehead atoms. The van der Waals surface area contributed by atoms with E-state index in [-0.39, 0.29) is 18.0 Å². The number of amides is 1. The van der Waals surface area contributed by atoms with Crippen LogP contribution in [-0.4, -0.2) is 62.6 Å². The fraction of sp³-hybridized carbons (Fsp3) is 0.400. The molecule has 4 rings (SSSR count). The van der Waals surface area contributed by atoms with Gasteiger partial charge in [0.1, 0.15) is 17.2 Å². The number of carbonyl (C=O) groups is 1. The van der Waals surface area contributed by atoms with E-state index in [1.165, 1.54) is 12.1 Å². The lowest BCUT2D eigenvalue weighted by Gasteiger charge is -2.44. The number of aromatic nitrogens is 4. The highest BCUT2D eigenvalue weighted by atomic mass is 19.1. The van der Waals surface area contributed by atoms with Gasteiger partial charge in [0.25, 0.3) is 0 Å². The van der Waals surface area contributed by atoms with E-state index in [1.54, 1.807) is 28.6 Å². The van der Waals surface area contributed by atoms with Gasteiger partial charge in [-0.3, -0.25) is 0 Å². The van der Waals surface area contributed by atoms with Gasteiger partial charge in [-0.05, 0) is 45.0 Å². The Morgan fingerprint density at radius 1 is 1.21 bits per heavy atom. The van der Waals surface area contributed by atoms with Crippen LogP contribution in [0, 0.1) is 5.82 Å². The lowest BCUT2D eigenvalue weighted by Crippen LogP contribution is -2.60. The Kier molecular flexibility index (Phi) is 4.60. The number of anilines is 1. The molecule has 0 unspecified atom stereocenters. The molecule has 0 N–H and O–H groups in total. The number of ether oxygens (including phenoxy) is 1. The summed E-state index contributed by atoms with van der Waals surface area (Å²) in [7, 11) is 1.74. The third-order valence-electron chi connectivity index (χ3n) is 4.75. The van der Waals surface area contributed by atoms with Crippen molar-refractivity contribution in [2.24, 2.45) is 0 Å². The van der Waals surface area contributed by atoms with Crippen molar-refractivity contribution in [3.05, 3.63) is 42.2 Å². The third-order valence-corrected chi connectivity index (χ3v) is 4.75. The molecule has 0 atom stereocenters. The molecule has 1 fully saturated rings. The predicted octanol–water partition coefficient (Wildman–Crippen LogP) is 2.99. The summed E-state index contributed by atoms with van der Waals surface area (Å²) in [6, 6.07) is 9.91. The Labute approximate surface area is 167 Å². The van der Waals surface area contributed by atoms with Crippen molar-refractivity contribution >= 4 is 17.6 Å². The van der Waals surface area contributed by atoms with Gasteiger partial charge >= 0.3 is 6.09 Å². The van der Waals surface area contributed by atoms with Crippen LogP contribution in [0.1, 0.15) is 20.8 Å². The van der Waals surface area contributed by atoms with E-state index < -0.39 is 5.60 Å². The molecule has 2 aromatic heterocycles. The van der Waals surface area contributed by atoms with Crippen molar-refractivity contribution in [2.75, 3.05) is 25.0 Å². The lowest BCUT2D eigenvalue weighted by molar-refractivity contribution is 0.0196. The molecule has 152 valence electrons. The van der Waals surface area contributed by atoms with Gasteiger partial charge in [0, 0.05) is 25.7 Å². The average molecular weight is 398 g/mol. The van der Waals surface area contributed by atoms with E-state index in [4.69, 9.17) is 4.74 Å². The zero-order valence-electron chi connectivity index (χ0n) is 16.8. The first-order valence-corrected chi connectivity index (χ1v) is 9.40. The number of fused-ring (bicyclic) bond motifs is 1. The topological polar surface area (TPSA) is 75.9 Å². The van der Waals surface area contributed by atoms with Gasteiger partial charge in [-0.1, -0.05) is 12.1 Å². The number of hydrogen-bond acceptors (Lipinski definition) is 6. The Morgan fingerprint density at radius 2 is 1.97 bits per heavy atom. The maximum absolute atomic E-state index is 13.6. The smallest absolute Gasteiger partial charge is 0.410 e. The van der Waals surface area contributed by atoms with E-state index in [0.29, 0.717) is 30.1 Å². The highest BCUT2D eigenvalue weighted by Gasteiger charge is 2.35. The molecule has 0 saturated carbocycles. The number of nitrogens with zero attached hydrogens (tertiary/aromatic N) is 6. The fourth-order valence-corrected chi connectivity index (χ4v) is 3.13. The van der Waals surface area contributed by atoms with E-state index in [2.05, 4.69) is 20.2 Å². The summed E-state index contributed by atoms with van der Waals surface area (Å²) in [6.45, 7) is 6.83. The summed E-state index contributed by atoms with van der Waals surface area (Å²) in [4.78, 5) is 15.9. The van der Waals surface area contributed by atoms with E-state index >= 15 is 0 Å². The zero-order chi connectivity index (χ0) is 20.8. The van der Waals surface area contributed by atoms with Gasteiger partial charge in [0.2, 0.25) is 0 Å². The highest BCUT2D eigenvalue weighted by molar-refractivity contribution is 5.69. The largest absolute Gasteiger partial charge is 0.444 e.